The standard InChI is InChI=1S/C22H27FN4O3/c1-16(26(2)15-21(28)24-18-5-3-17(23)4-6-18)22(29)25-19-7-9-20(10-8-19)27-11-13-30-14-12-27/h3-10,16H,11-15H2,1-2H3,(H,24,28)(H,25,29)/t16-/m1/s1. The summed E-state index contributed by atoms with van der Waals surface area (Å²) in [5.41, 5.74) is 2.30. The summed E-state index contributed by atoms with van der Waals surface area (Å²) in [6.07, 6.45) is 0. The third kappa shape index (κ3) is 6.01. The topological polar surface area (TPSA) is 73.9 Å². The van der Waals surface area contributed by atoms with Gasteiger partial charge in [-0.1, -0.05) is 0 Å². The van der Waals surface area contributed by atoms with Crippen molar-refractivity contribution in [1.82, 2.24) is 4.90 Å². The van der Waals surface area contributed by atoms with Gasteiger partial charge in [0.1, 0.15) is 5.82 Å². The smallest absolute Gasteiger partial charge is 0.241 e. The van der Waals surface area contributed by atoms with E-state index in [0.29, 0.717) is 11.4 Å². The molecule has 1 saturated heterocycles. The van der Waals surface area contributed by atoms with Crippen LogP contribution in [0.5, 0.6) is 0 Å². The molecule has 2 N–H and O–H groups in total. The molecular weight excluding hydrogens is 387 g/mol. The van der Waals surface area contributed by atoms with Crippen LogP contribution in [0.4, 0.5) is 21.5 Å². The highest BCUT2D eigenvalue weighted by molar-refractivity contribution is 5.96. The van der Waals surface area contributed by atoms with Crippen LogP contribution in [0.3, 0.4) is 0 Å². The number of carbonyl (C=O) groups excluding carboxylic acids is 2. The van der Waals surface area contributed by atoms with Gasteiger partial charge in [-0.05, 0) is 62.5 Å². The largest absolute Gasteiger partial charge is 0.378 e. The number of likely N-dealkylation sites (N-methyl/N-ethyl adjacent to an activating group) is 1. The molecule has 0 saturated carbocycles. The average Bonchev–Trinajstić information content (AvgIpc) is 2.76. The van der Waals surface area contributed by atoms with Gasteiger partial charge in [0, 0.05) is 30.2 Å². The van der Waals surface area contributed by atoms with Crippen molar-refractivity contribution in [2.45, 2.75) is 13.0 Å². The predicted molar refractivity (Wildman–Crippen MR) is 115 cm³/mol. The number of rotatable bonds is 7. The fourth-order valence-electron chi connectivity index (χ4n) is 3.12. The molecule has 2 aromatic rings. The van der Waals surface area contributed by atoms with Gasteiger partial charge in [-0.25, -0.2) is 4.39 Å². The van der Waals surface area contributed by atoms with Crippen LogP contribution in [0.25, 0.3) is 0 Å². The lowest BCUT2D eigenvalue weighted by molar-refractivity contribution is -0.122. The van der Waals surface area contributed by atoms with E-state index in [1.807, 2.05) is 24.3 Å². The summed E-state index contributed by atoms with van der Waals surface area (Å²) in [5, 5.41) is 5.57. The number of morpholine rings is 1. The molecule has 160 valence electrons. The van der Waals surface area contributed by atoms with Crippen molar-refractivity contribution >= 4 is 28.9 Å². The fourth-order valence-corrected chi connectivity index (χ4v) is 3.12. The summed E-state index contributed by atoms with van der Waals surface area (Å²) in [6, 6.07) is 12.7. The number of halogens is 1. The Bertz CT molecular complexity index is 852. The van der Waals surface area contributed by atoms with E-state index in [2.05, 4.69) is 15.5 Å². The van der Waals surface area contributed by atoms with Crippen LogP contribution in [-0.2, 0) is 14.3 Å². The Morgan fingerprint density at radius 3 is 2.23 bits per heavy atom. The molecule has 0 radical (unpaired) electrons. The molecule has 0 unspecified atom stereocenters. The minimum Gasteiger partial charge on any atom is -0.378 e. The van der Waals surface area contributed by atoms with Crippen LogP contribution in [0, 0.1) is 5.82 Å². The highest BCUT2D eigenvalue weighted by atomic mass is 19.1. The summed E-state index contributed by atoms with van der Waals surface area (Å²) < 4.78 is 18.3. The molecule has 0 bridgehead atoms. The first kappa shape index (κ1) is 21.7. The molecule has 1 aliphatic rings. The summed E-state index contributed by atoms with van der Waals surface area (Å²) >= 11 is 0. The first-order valence-electron chi connectivity index (χ1n) is 9.91. The van der Waals surface area contributed by atoms with E-state index in [9.17, 15) is 14.0 Å². The molecule has 1 atom stereocenters. The molecule has 7 nitrogen and oxygen atoms in total. The zero-order valence-electron chi connectivity index (χ0n) is 17.2. The van der Waals surface area contributed by atoms with Crippen molar-refractivity contribution in [3.05, 3.63) is 54.3 Å². The lowest BCUT2D eigenvalue weighted by Gasteiger charge is -2.29. The van der Waals surface area contributed by atoms with Gasteiger partial charge in [-0.15, -0.1) is 0 Å². The van der Waals surface area contributed by atoms with Gasteiger partial charge >= 0.3 is 0 Å². The zero-order chi connectivity index (χ0) is 21.5. The normalized spacial score (nSPS) is 15.0. The van der Waals surface area contributed by atoms with Crippen LogP contribution in [0.2, 0.25) is 0 Å². The number of nitrogens with one attached hydrogen (secondary N) is 2. The molecule has 0 aromatic heterocycles. The van der Waals surface area contributed by atoms with Gasteiger partial charge in [0.05, 0.1) is 25.8 Å². The number of amides is 2. The molecule has 8 heteroatoms. The summed E-state index contributed by atoms with van der Waals surface area (Å²) in [6.45, 7) is 4.92. The molecule has 0 spiro atoms. The number of carbonyl (C=O) groups is 2. The Labute approximate surface area is 175 Å². The second-order valence-corrected chi connectivity index (χ2v) is 7.28. The SMILES string of the molecule is C[C@H](C(=O)Nc1ccc(N2CCOCC2)cc1)N(C)CC(=O)Nc1ccc(F)cc1. The Hall–Kier alpha value is -2.97. The minimum atomic E-state index is -0.511. The number of ether oxygens (including phenoxy) is 1. The monoisotopic (exact) mass is 414 g/mol. The van der Waals surface area contributed by atoms with Crippen molar-refractivity contribution in [2.24, 2.45) is 0 Å². The number of nitrogens with zero attached hydrogens (tertiary/aromatic N) is 2. The molecule has 2 aromatic carbocycles. The van der Waals surface area contributed by atoms with E-state index in [4.69, 9.17) is 4.74 Å². The lowest BCUT2D eigenvalue weighted by Crippen LogP contribution is -2.43. The molecule has 2 amide bonds. The van der Waals surface area contributed by atoms with Crippen LogP contribution in [-0.4, -0.2) is 62.7 Å². The van der Waals surface area contributed by atoms with Crippen LogP contribution in [0.15, 0.2) is 48.5 Å². The van der Waals surface area contributed by atoms with E-state index in [-0.39, 0.29) is 24.2 Å². The van der Waals surface area contributed by atoms with Crippen LogP contribution < -0.4 is 15.5 Å². The third-order valence-corrected chi connectivity index (χ3v) is 5.07. The van der Waals surface area contributed by atoms with Crippen molar-refractivity contribution in [1.29, 1.82) is 0 Å². The molecule has 30 heavy (non-hydrogen) atoms. The van der Waals surface area contributed by atoms with Crippen molar-refractivity contribution < 1.29 is 18.7 Å². The van der Waals surface area contributed by atoms with Crippen LogP contribution >= 0.6 is 0 Å². The van der Waals surface area contributed by atoms with Crippen molar-refractivity contribution in [2.75, 3.05) is 55.4 Å². The van der Waals surface area contributed by atoms with Gasteiger partial charge in [-0.3, -0.25) is 14.5 Å². The number of hydrogen-bond acceptors (Lipinski definition) is 5. The van der Waals surface area contributed by atoms with E-state index in [0.717, 1.165) is 32.0 Å². The second kappa shape index (κ2) is 10.2. The number of anilines is 3. The van der Waals surface area contributed by atoms with E-state index < -0.39 is 6.04 Å². The van der Waals surface area contributed by atoms with E-state index >= 15 is 0 Å². The summed E-state index contributed by atoms with van der Waals surface area (Å²) in [4.78, 5) is 28.6. The zero-order valence-corrected chi connectivity index (χ0v) is 17.2. The maximum atomic E-state index is 13.0. The second-order valence-electron chi connectivity index (χ2n) is 7.28. The van der Waals surface area contributed by atoms with E-state index in [1.54, 1.807) is 18.9 Å². The molecule has 0 aliphatic carbocycles. The summed E-state index contributed by atoms with van der Waals surface area (Å²) in [5.74, 6) is -0.849. The Morgan fingerprint density at radius 1 is 1.03 bits per heavy atom. The van der Waals surface area contributed by atoms with Gasteiger partial charge in [0.25, 0.3) is 0 Å². The molecular formula is C22H27FN4O3. The lowest BCUT2D eigenvalue weighted by atomic mass is 10.2. The van der Waals surface area contributed by atoms with E-state index in [1.165, 1.54) is 24.3 Å². The van der Waals surface area contributed by atoms with Gasteiger partial charge in [0.2, 0.25) is 11.8 Å². The van der Waals surface area contributed by atoms with Gasteiger partial charge in [0.15, 0.2) is 0 Å². The minimum absolute atomic E-state index is 0.0297. The maximum Gasteiger partial charge on any atom is 0.241 e. The number of benzene rings is 2. The highest BCUT2D eigenvalue weighted by Crippen LogP contribution is 2.19. The number of hydrogen-bond donors (Lipinski definition) is 2. The summed E-state index contributed by atoms with van der Waals surface area (Å²) in [7, 11) is 1.70. The van der Waals surface area contributed by atoms with Gasteiger partial charge in [-0.2, -0.15) is 0 Å². The first-order chi connectivity index (χ1) is 14.4. The predicted octanol–water partition coefficient (Wildman–Crippen LogP) is 2.56. The van der Waals surface area contributed by atoms with Crippen molar-refractivity contribution in [3.63, 3.8) is 0 Å². The fraction of sp³-hybridized carbons (Fsp3) is 0.364. The van der Waals surface area contributed by atoms with Crippen LogP contribution in [0.1, 0.15) is 6.92 Å². The molecule has 1 aliphatic heterocycles. The maximum absolute atomic E-state index is 13.0. The Morgan fingerprint density at radius 2 is 1.60 bits per heavy atom. The average molecular weight is 414 g/mol. The Kier molecular flexibility index (Phi) is 7.37. The first-order valence-corrected chi connectivity index (χ1v) is 9.91. The van der Waals surface area contributed by atoms with Gasteiger partial charge < -0.3 is 20.3 Å². The third-order valence-electron chi connectivity index (χ3n) is 5.07. The molecule has 3 rings (SSSR count). The Balaban J connectivity index is 1.49. The molecule has 1 fully saturated rings. The highest BCUT2D eigenvalue weighted by Gasteiger charge is 2.20. The molecule has 1 heterocycles. The van der Waals surface area contributed by atoms with Crippen molar-refractivity contribution in [3.8, 4) is 0 Å². The quantitative estimate of drug-likeness (QED) is 0.729.